The first kappa shape index (κ1) is 22.9. The van der Waals surface area contributed by atoms with Gasteiger partial charge in [0.1, 0.15) is 0 Å². The molecule has 170 valence electrons. The van der Waals surface area contributed by atoms with Crippen molar-refractivity contribution in [3.05, 3.63) is 53.7 Å². The molecule has 2 heterocycles. The van der Waals surface area contributed by atoms with E-state index in [9.17, 15) is 0 Å². The summed E-state index contributed by atoms with van der Waals surface area (Å²) >= 11 is 6.23. The molecule has 32 heavy (non-hydrogen) atoms. The van der Waals surface area contributed by atoms with Crippen molar-refractivity contribution < 1.29 is 0 Å². The zero-order valence-electron chi connectivity index (χ0n) is 19.5. The molecule has 1 aliphatic heterocycles. The molecule has 1 aliphatic rings. The van der Waals surface area contributed by atoms with Crippen LogP contribution < -0.4 is 15.5 Å². The highest BCUT2D eigenvalue weighted by Gasteiger charge is 2.14. The van der Waals surface area contributed by atoms with Crippen LogP contribution in [0.2, 0.25) is 5.02 Å². The Labute approximate surface area is 197 Å². The number of fused-ring (bicyclic) bond motifs is 1. The highest BCUT2D eigenvalue weighted by Crippen LogP contribution is 2.35. The number of pyridine rings is 1. The van der Waals surface area contributed by atoms with Crippen LogP contribution in [-0.4, -0.2) is 36.7 Å². The van der Waals surface area contributed by atoms with Gasteiger partial charge in [0.25, 0.3) is 0 Å². The van der Waals surface area contributed by atoms with Crippen molar-refractivity contribution in [2.24, 2.45) is 0 Å². The zero-order valence-corrected chi connectivity index (χ0v) is 20.3. The lowest BCUT2D eigenvalue weighted by molar-refractivity contribution is 0.425. The second-order valence-corrected chi connectivity index (χ2v) is 10.2. The third-order valence-corrected chi connectivity index (χ3v) is 6.28. The Morgan fingerprint density at radius 3 is 2.44 bits per heavy atom. The molecule has 5 heteroatoms. The minimum absolute atomic E-state index is 0.140. The summed E-state index contributed by atoms with van der Waals surface area (Å²) in [6.45, 7) is 10.8. The van der Waals surface area contributed by atoms with Crippen LogP contribution in [0.5, 0.6) is 0 Å². The lowest BCUT2D eigenvalue weighted by Gasteiger charge is -2.29. The van der Waals surface area contributed by atoms with Crippen LogP contribution >= 0.6 is 11.6 Å². The van der Waals surface area contributed by atoms with E-state index >= 15 is 0 Å². The molecule has 2 N–H and O–H groups in total. The van der Waals surface area contributed by atoms with Crippen LogP contribution in [-0.2, 0) is 0 Å². The summed E-state index contributed by atoms with van der Waals surface area (Å²) in [5.41, 5.74) is 5.83. The van der Waals surface area contributed by atoms with Crippen molar-refractivity contribution in [1.82, 2.24) is 10.3 Å². The Morgan fingerprint density at radius 1 is 0.969 bits per heavy atom. The largest absolute Gasteiger partial charge is 0.384 e. The molecule has 0 saturated carbocycles. The van der Waals surface area contributed by atoms with E-state index in [4.69, 9.17) is 16.6 Å². The number of anilines is 2. The quantitative estimate of drug-likeness (QED) is 0.391. The minimum Gasteiger partial charge on any atom is -0.384 e. The maximum absolute atomic E-state index is 6.23. The molecular weight excluding hydrogens is 416 g/mol. The van der Waals surface area contributed by atoms with Gasteiger partial charge in [-0.25, -0.2) is 0 Å². The van der Waals surface area contributed by atoms with Crippen LogP contribution in [0.4, 0.5) is 11.4 Å². The Hall–Kier alpha value is -2.30. The standard InChI is InChI=1S/C27H35ClN4/c1-27(2,3)31-15-7-14-29-26-23-13-10-21(28)18-25(23)30-19-24(26)20-8-11-22(12-9-20)32-16-5-4-6-17-32/h8-13,18-19,31H,4-7,14-17H2,1-3H3,(H,29,30). The Bertz CT molecular complexity index is 1030. The van der Waals surface area contributed by atoms with Gasteiger partial charge in [0.2, 0.25) is 0 Å². The minimum atomic E-state index is 0.140. The number of aromatic nitrogens is 1. The highest BCUT2D eigenvalue weighted by atomic mass is 35.5. The second kappa shape index (κ2) is 10.1. The number of hydrogen-bond acceptors (Lipinski definition) is 4. The fourth-order valence-corrected chi connectivity index (χ4v) is 4.51. The monoisotopic (exact) mass is 450 g/mol. The van der Waals surface area contributed by atoms with Gasteiger partial charge in [-0.3, -0.25) is 4.98 Å². The van der Waals surface area contributed by atoms with Crippen molar-refractivity contribution in [2.75, 3.05) is 36.4 Å². The van der Waals surface area contributed by atoms with Crippen molar-refractivity contribution in [1.29, 1.82) is 0 Å². The molecule has 0 atom stereocenters. The van der Waals surface area contributed by atoms with Crippen LogP contribution in [0, 0.1) is 0 Å². The number of rotatable bonds is 7. The van der Waals surface area contributed by atoms with Gasteiger partial charge >= 0.3 is 0 Å². The average Bonchev–Trinajstić information content (AvgIpc) is 2.78. The summed E-state index contributed by atoms with van der Waals surface area (Å²) in [5.74, 6) is 0. The fraction of sp³-hybridized carbons (Fsp3) is 0.444. The maximum Gasteiger partial charge on any atom is 0.0738 e. The molecule has 1 fully saturated rings. The Kier molecular flexibility index (Phi) is 7.22. The van der Waals surface area contributed by atoms with E-state index in [0.717, 1.165) is 54.8 Å². The van der Waals surface area contributed by atoms with Crippen LogP contribution in [0.1, 0.15) is 46.5 Å². The number of piperidine rings is 1. The SMILES string of the molecule is CC(C)(C)NCCCNc1c(-c2ccc(N3CCCCC3)cc2)cnc2cc(Cl)ccc12. The van der Waals surface area contributed by atoms with Gasteiger partial charge in [-0.1, -0.05) is 23.7 Å². The molecule has 4 nitrogen and oxygen atoms in total. The first-order valence-electron chi connectivity index (χ1n) is 11.8. The van der Waals surface area contributed by atoms with Crippen molar-refractivity contribution in [3.8, 4) is 11.1 Å². The van der Waals surface area contributed by atoms with Crippen LogP contribution in [0.25, 0.3) is 22.0 Å². The summed E-state index contributed by atoms with van der Waals surface area (Å²) in [5, 5.41) is 9.09. The molecule has 1 aromatic heterocycles. The molecule has 0 spiro atoms. The van der Waals surface area contributed by atoms with Crippen LogP contribution in [0.3, 0.4) is 0 Å². The third-order valence-electron chi connectivity index (χ3n) is 6.04. The van der Waals surface area contributed by atoms with E-state index in [1.165, 1.54) is 30.5 Å². The smallest absolute Gasteiger partial charge is 0.0738 e. The normalized spacial score (nSPS) is 14.7. The van der Waals surface area contributed by atoms with Gasteiger partial charge in [0.05, 0.1) is 11.2 Å². The van der Waals surface area contributed by atoms with Gasteiger partial charge in [-0.15, -0.1) is 0 Å². The highest BCUT2D eigenvalue weighted by molar-refractivity contribution is 6.31. The second-order valence-electron chi connectivity index (χ2n) is 9.76. The maximum atomic E-state index is 6.23. The van der Waals surface area contributed by atoms with E-state index < -0.39 is 0 Å². The Balaban J connectivity index is 1.58. The molecule has 0 bridgehead atoms. The average molecular weight is 451 g/mol. The summed E-state index contributed by atoms with van der Waals surface area (Å²) in [6.07, 6.45) is 6.95. The van der Waals surface area contributed by atoms with Gasteiger partial charge in [0.15, 0.2) is 0 Å². The number of hydrogen-bond donors (Lipinski definition) is 2. The van der Waals surface area contributed by atoms with Gasteiger partial charge in [-0.05, 0) is 88.9 Å². The summed E-state index contributed by atoms with van der Waals surface area (Å²) in [4.78, 5) is 7.22. The van der Waals surface area contributed by atoms with E-state index in [1.54, 1.807) is 0 Å². The van der Waals surface area contributed by atoms with Crippen molar-refractivity contribution >= 4 is 33.9 Å². The van der Waals surface area contributed by atoms with Gasteiger partial charge in [0, 0.05) is 53.0 Å². The number of halogens is 1. The van der Waals surface area contributed by atoms with E-state index in [2.05, 4.69) is 66.6 Å². The molecule has 0 unspecified atom stereocenters. The van der Waals surface area contributed by atoms with Crippen molar-refractivity contribution in [2.45, 2.75) is 52.0 Å². The first-order chi connectivity index (χ1) is 15.4. The molecule has 0 aliphatic carbocycles. The Morgan fingerprint density at radius 2 is 1.72 bits per heavy atom. The molecular formula is C27H35ClN4. The predicted molar refractivity (Wildman–Crippen MR) is 139 cm³/mol. The molecule has 2 aromatic carbocycles. The van der Waals surface area contributed by atoms with Crippen LogP contribution in [0.15, 0.2) is 48.7 Å². The number of benzene rings is 2. The summed E-state index contributed by atoms with van der Waals surface area (Å²) < 4.78 is 0. The zero-order chi connectivity index (χ0) is 22.6. The predicted octanol–water partition coefficient (Wildman–Crippen LogP) is 6.74. The fourth-order valence-electron chi connectivity index (χ4n) is 4.35. The number of nitrogens with zero attached hydrogens (tertiary/aromatic N) is 2. The van der Waals surface area contributed by atoms with E-state index in [1.807, 2.05) is 18.3 Å². The molecule has 0 amide bonds. The topological polar surface area (TPSA) is 40.2 Å². The third kappa shape index (κ3) is 5.73. The molecule has 0 radical (unpaired) electrons. The summed E-state index contributed by atoms with van der Waals surface area (Å²) in [6, 6.07) is 14.9. The van der Waals surface area contributed by atoms with Gasteiger partial charge in [-0.2, -0.15) is 0 Å². The molecule has 3 aromatic rings. The molecule has 4 rings (SSSR count). The number of nitrogens with one attached hydrogen (secondary N) is 2. The first-order valence-corrected chi connectivity index (χ1v) is 12.2. The van der Waals surface area contributed by atoms with E-state index in [0.29, 0.717) is 5.02 Å². The molecule has 1 saturated heterocycles. The lowest BCUT2D eigenvalue weighted by atomic mass is 10.0. The lowest BCUT2D eigenvalue weighted by Crippen LogP contribution is -2.36. The van der Waals surface area contributed by atoms with E-state index in [-0.39, 0.29) is 5.54 Å². The summed E-state index contributed by atoms with van der Waals surface area (Å²) in [7, 11) is 0. The van der Waals surface area contributed by atoms with Crippen molar-refractivity contribution in [3.63, 3.8) is 0 Å². The van der Waals surface area contributed by atoms with Gasteiger partial charge < -0.3 is 15.5 Å².